The van der Waals surface area contributed by atoms with E-state index in [1.54, 1.807) is 30.8 Å². The summed E-state index contributed by atoms with van der Waals surface area (Å²) in [4.78, 5) is 0. The molecule has 1 rings (SSSR count). The van der Waals surface area contributed by atoms with Crippen LogP contribution in [0.5, 0.6) is 0 Å². The summed E-state index contributed by atoms with van der Waals surface area (Å²) in [6.45, 7) is 0. The third-order valence-corrected chi connectivity index (χ3v) is 0.592. The summed E-state index contributed by atoms with van der Waals surface area (Å²) in [5.41, 5.74) is 0. The van der Waals surface area contributed by atoms with E-state index in [-0.39, 0.29) is 0 Å². The first kappa shape index (κ1) is 4.19. The van der Waals surface area contributed by atoms with Crippen molar-refractivity contribution in [2.45, 2.75) is 0 Å². The summed E-state index contributed by atoms with van der Waals surface area (Å²) >= 11 is 0. The Balaban J connectivity index is 2.60. The smallest absolute Gasteiger partial charge is 0.0907 e. The molecule has 0 fully saturated rings. The average molecular weight is 93.1 g/mol. The minimum absolute atomic E-state index is 1.57. The van der Waals surface area contributed by atoms with Crippen molar-refractivity contribution in [1.82, 2.24) is 0 Å². The topological polar surface area (TPSA) is 9.23 Å². The van der Waals surface area contributed by atoms with Crippen molar-refractivity contribution in [2.24, 2.45) is 0 Å². The fourth-order valence-electron chi connectivity index (χ4n) is 0.320. The van der Waals surface area contributed by atoms with Crippen LogP contribution < -0.4 is 0 Å². The van der Waals surface area contributed by atoms with E-state index < -0.39 is 0 Å². The second kappa shape index (κ2) is 2.24. The van der Waals surface area contributed by atoms with Crippen molar-refractivity contribution in [1.29, 1.82) is 0 Å². The molecule has 1 aliphatic heterocycles. The molecule has 0 bridgehead atoms. The molecular formula is C6H5O. The molecule has 1 heteroatoms. The molecule has 0 aromatic carbocycles. The fraction of sp³-hybridized carbons (Fsp3) is 0. The van der Waals surface area contributed by atoms with Gasteiger partial charge in [-0.25, -0.2) is 0 Å². The molecule has 1 aliphatic rings. The van der Waals surface area contributed by atoms with Crippen molar-refractivity contribution in [3.8, 4) is 0 Å². The molecule has 1 radical (unpaired) electrons. The summed E-state index contributed by atoms with van der Waals surface area (Å²) in [6.07, 6.45) is 11.3. The largest absolute Gasteiger partial charge is 0.473 e. The zero-order valence-corrected chi connectivity index (χ0v) is 3.79. The SMILES string of the molecule is [C]1=CC=COC=C1. The highest BCUT2D eigenvalue weighted by atomic mass is 16.5. The highest BCUT2D eigenvalue weighted by Crippen LogP contribution is 1.87. The zero-order valence-electron chi connectivity index (χ0n) is 3.79. The van der Waals surface area contributed by atoms with E-state index in [1.807, 2.05) is 0 Å². The summed E-state index contributed by atoms with van der Waals surface area (Å²) in [5, 5.41) is 0. The zero-order chi connectivity index (χ0) is 4.95. The highest BCUT2D eigenvalue weighted by Gasteiger charge is 1.70. The Morgan fingerprint density at radius 2 is 2.29 bits per heavy atom. The first-order valence-electron chi connectivity index (χ1n) is 2.05. The highest BCUT2D eigenvalue weighted by molar-refractivity contribution is 5.05. The van der Waals surface area contributed by atoms with E-state index >= 15 is 0 Å². The molecule has 7 heavy (non-hydrogen) atoms. The van der Waals surface area contributed by atoms with Crippen LogP contribution >= 0.6 is 0 Å². The maximum Gasteiger partial charge on any atom is 0.0907 e. The number of hydrogen-bond donors (Lipinski definition) is 0. The van der Waals surface area contributed by atoms with E-state index in [2.05, 4.69) is 6.08 Å². The van der Waals surface area contributed by atoms with Gasteiger partial charge in [0.05, 0.1) is 12.5 Å². The van der Waals surface area contributed by atoms with Crippen molar-refractivity contribution in [2.75, 3.05) is 0 Å². The number of hydrogen-bond acceptors (Lipinski definition) is 1. The Morgan fingerprint density at radius 3 is 3.29 bits per heavy atom. The van der Waals surface area contributed by atoms with Crippen LogP contribution in [0.2, 0.25) is 0 Å². The predicted octanol–water partition coefficient (Wildman–Crippen LogP) is 1.40. The quantitative estimate of drug-likeness (QED) is 0.440. The first-order valence-corrected chi connectivity index (χ1v) is 2.05. The van der Waals surface area contributed by atoms with E-state index in [9.17, 15) is 0 Å². The summed E-state index contributed by atoms with van der Waals surface area (Å²) in [6, 6.07) is 0. The number of ether oxygens (including phenoxy) is 1. The molecule has 0 N–H and O–H groups in total. The molecule has 0 aromatic rings. The van der Waals surface area contributed by atoms with Crippen LogP contribution in [0.1, 0.15) is 0 Å². The number of allylic oxidation sites excluding steroid dienone is 4. The van der Waals surface area contributed by atoms with Gasteiger partial charge in [-0.15, -0.1) is 0 Å². The van der Waals surface area contributed by atoms with Crippen LogP contribution in [-0.2, 0) is 4.74 Å². The molecule has 0 aromatic heterocycles. The van der Waals surface area contributed by atoms with Crippen LogP contribution in [0, 0.1) is 6.08 Å². The van der Waals surface area contributed by atoms with Gasteiger partial charge in [0.15, 0.2) is 0 Å². The molecule has 1 heterocycles. The van der Waals surface area contributed by atoms with Crippen LogP contribution in [-0.4, -0.2) is 0 Å². The standard InChI is InChI=1S/C6H5O/c1-2-4-6-7-5-3-1/h1,3-6H. The fourth-order valence-corrected chi connectivity index (χ4v) is 0.320. The second-order valence-corrected chi connectivity index (χ2v) is 1.10. The Labute approximate surface area is 42.6 Å². The maximum atomic E-state index is 4.74. The third kappa shape index (κ3) is 1.26. The van der Waals surface area contributed by atoms with Crippen molar-refractivity contribution >= 4 is 0 Å². The van der Waals surface area contributed by atoms with Gasteiger partial charge in [0, 0.05) is 0 Å². The first-order chi connectivity index (χ1) is 3.50. The lowest BCUT2D eigenvalue weighted by molar-refractivity contribution is 0.404. The molecule has 1 nitrogen and oxygen atoms in total. The third-order valence-electron chi connectivity index (χ3n) is 0.592. The van der Waals surface area contributed by atoms with Crippen LogP contribution in [0.3, 0.4) is 0 Å². The van der Waals surface area contributed by atoms with Crippen molar-refractivity contribution in [3.05, 3.63) is 36.8 Å². The van der Waals surface area contributed by atoms with Gasteiger partial charge in [0.1, 0.15) is 0 Å². The van der Waals surface area contributed by atoms with Crippen LogP contribution in [0.25, 0.3) is 0 Å². The van der Waals surface area contributed by atoms with Gasteiger partial charge in [0.25, 0.3) is 0 Å². The van der Waals surface area contributed by atoms with Gasteiger partial charge in [-0.1, -0.05) is 6.08 Å². The van der Waals surface area contributed by atoms with Crippen molar-refractivity contribution in [3.63, 3.8) is 0 Å². The Hall–Kier alpha value is -0.980. The molecule has 0 saturated heterocycles. The summed E-state index contributed by atoms with van der Waals surface area (Å²) < 4.78 is 4.74. The normalized spacial score (nSPS) is 16.0. The van der Waals surface area contributed by atoms with Gasteiger partial charge >= 0.3 is 0 Å². The average Bonchev–Trinajstić information content (AvgIpc) is 1.90. The van der Waals surface area contributed by atoms with E-state index in [1.165, 1.54) is 0 Å². The maximum absolute atomic E-state index is 4.74. The van der Waals surface area contributed by atoms with E-state index in [0.29, 0.717) is 0 Å². The lowest BCUT2D eigenvalue weighted by atomic mass is 10.5. The lowest BCUT2D eigenvalue weighted by Crippen LogP contribution is -1.56. The Kier molecular flexibility index (Phi) is 1.34. The molecule has 0 unspecified atom stereocenters. The monoisotopic (exact) mass is 93.0 g/mol. The predicted molar refractivity (Wildman–Crippen MR) is 27.2 cm³/mol. The molecule has 0 saturated carbocycles. The van der Waals surface area contributed by atoms with E-state index in [4.69, 9.17) is 4.74 Å². The Morgan fingerprint density at radius 1 is 1.29 bits per heavy atom. The summed E-state index contributed by atoms with van der Waals surface area (Å²) in [7, 11) is 0. The van der Waals surface area contributed by atoms with Crippen LogP contribution in [0.15, 0.2) is 30.8 Å². The van der Waals surface area contributed by atoms with Gasteiger partial charge in [-0.3, -0.25) is 0 Å². The molecular weight excluding hydrogens is 88.1 g/mol. The lowest BCUT2D eigenvalue weighted by Gasteiger charge is -1.79. The second-order valence-electron chi connectivity index (χ2n) is 1.10. The van der Waals surface area contributed by atoms with Gasteiger partial charge in [0.2, 0.25) is 0 Å². The van der Waals surface area contributed by atoms with Gasteiger partial charge in [-0.2, -0.15) is 0 Å². The molecule has 0 atom stereocenters. The minimum atomic E-state index is 1.57. The molecule has 0 spiro atoms. The van der Waals surface area contributed by atoms with Gasteiger partial charge < -0.3 is 4.74 Å². The van der Waals surface area contributed by atoms with E-state index in [0.717, 1.165) is 0 Å². The summed E-state index contributed by atoms with van der Waals surface area (Å²) in [5.74, 6) is 0. The van der Waals surface area contributed by atoms with Crippen molar-refractivity contribution < 1.29 is 4.74 Å². The molecule has 0 amide bonds. The number of rotatable bonds is 0. The molecule has 35 valence electrons. The van der Waals surface area contributed by atoms with Crippen LogP contribution in [0.4, 0.5) is 0 Å². The van der Waals surface area contributed by atoms with Gasteiger partial charge in [-0.05, 0) is 18.2 Å². The molecule has 0 aliphatic carbocycles. The Bertz CT molecular complexity index is 106. The minimum Gasteiger partial charge on any atom is -0.473 e.